The van der Waals surface area contributed by atoms with Crippen molar-refractivity contribution < 1.29 is 9.18 Å². The van der Waals surface area contributed by atoms with Crippen LogP contribution in [-0.4, -0.2) is 23.4 Å². The van der Waals surface area contributed by atoms with Gasteiger partial charge in [-0.25, -0.2) is 4.39 Å². The van der Waals surface area contributed by atoms with Gasteiger partial charge in [-0.15, -0.1) is 0 Å². The highest BCUT2D eigenvalue weighted by atomic mass is 19.1. The monoisotopic (exact) mass is 251 g/mol. The molecule has 1 atom stereocenters. The first-order chi connectivity index (χ1) is 8.60. The Balaban J connectivity index is 2.87. The van der Waals surface area contributed by atoms with Crippen molar-refractivity contribution in [1.82, 2.24) is 4.90 Å². The summed E-state index contributed by atoms with van der Waals surface area (Å²) >= 11 is 0. The minimum atomic E-state index is -0.361. The van der Waals surface area contributed by atoms with E-state index < -0.39 is 0 Å². The number of amides is 1. The third kappa shape index (κ3) is 3.83. The second-order valence-electron chi connectivity index (χ2n) is 4.62. The lowest BCUT2D eigenvalue weighted by atomic mass is 10.1. The number of carbonyl (C=O) groups excluding carboxylic acids is 1. The van der Waals surface area contributed by atoms with Crippen LogP contribution in [0, 0.1) is 5.82 Å². The summed E-state index contributed by atoms with van der Waals surface area (Å²) in [5.74, 6) is -0.433. The quantitative estimate of drug-likeness (QED) is 0.751. The molecule has 0 aliphatic rings. The number of nitrogens with zero attached hydrogens (tertiary/aromatic N) is 1. The van der Waals surface area contributed by atoms with Gasteiger partial charge in [0.2, 0.25) is 0 Å². The highest BCUT2D eigenvalue weighted by Crippen LogP contribution is 2.13. The van der Waals surface area contributed by atoms with Gasteiger partial charge in [0.15, 0.2) is 0 Å². The van der Waals surface area contributed by atoms with Gasteiger partial charge in [-0.3, -0.25) is 4.79 Å². The maximum Gasteiger partial charge on any atom is 0.254 e. The summed E-state index contributed by atoms with van der Waals surface area (Å²) in [6.07, 6.45) is 2.93. The first-order valence-electron chi connectivity index (χ1n) is 6.66. The summed E-state index contributed by atoms with van der Waals surface area (Å²) in [6, 6.07) is 6.11. The van der Waals surface area contributed by atoms with Crippen molar-refractivity contribution in [2.75, 3.05) is 6.54 Å². The van der Waals surface area contributed by atoms with Crippen molar-refractivity contribution >= 4 is 5.91 Å². The summed E-state index contributed by atoms with van der Waals surface area (Å²) in [6.45, 7) is 6.93. The minimum Gasteiger partial charge on any atom is -0.336 e. The maximum absolute atomic E-state index is 13.2. The molecular weight excluding hydrogens is 229 g/mol. The SMILES string of the molecule is CCCCN(C(=O)c1cccc(F)c1)C(C)CC. The van der Waals surface area contributed by atoms with Gasteiger partial charge in [0.1, 0.15) is 5.82 Å². The molecule has 0 aromatic heterocycles. The zero-order valence-electron chi connectivity index (χ0n) is 11.4. The molecule has 1 aromatic rings. The molecule has 1 aromatic carbocycles. The van der Waals surface area contributed by atoms with Gasteiger partial charge >= 0.3 is 0 Å². The molecule has 18 heavy (non-hydrogen) atoms. The first kappa shape index (κ1) is 14.7. The molecule has 0 heterocycles. The molecule has 1 rings (SSSR count). The van der Waals surface area contributed by atoms with Crippen LogP contribution in [0.1, 0.15) is 50.4 Å². The van der Waals surface area contributed by atoms with Gasteiger partial charge in [0.05, 0.1) is 0 Å². The lowest BCUT2D eigenvalue weighted by Gasteiger charge is -2.28. The molecule has 0 saturated heterocycles. The second-order valence-corrected chi connectivity index (χ2v) is 4.62. The molecule has 0 spiro atoms. The molecule has 1 amide bonds. The van der Waals surface area contributed by atoms with E-state index in [0.717, 1.165) is 25.8 Å². The zero-order chi connectivity index (χ0) is 13.5. The number of benzene rings is 1. The minimum absolute atomic E-state index is 0.0719. The van der Waals surface area contributed by atoms with E-state index in [1.807, 2.05) is 11.8 Å². The van der Waals surface area contributed by atoms with E-state index in [-0.39, 0.29) is 17.8 Å². The Morgan fingerprint density at radius 3 is 2.67 bits per heavy atom. The van der Waals surface area contributed by atoms with Crippen molar-refractivity contribution in [2.24, 2.45) is 0 Å². The second kappa shape index (κ2) is 7.14. The zero-order valence-corrected chi connectivity index (χ0v) is 11.4. The summed E-state index contributed by atoms with van der Waals surface area (Å²) in [5.41, 5.74) is 0.436. The molecule has 0 bridgehead atoms. The van der Waals surface area contributed by atoms with Crippen LogP contribution in [0.4, 0.5) is 4.39 Å². The molecule has 0 N–H and O–H groups in total. The molecule has 0 fully saturated rings. The Kier molecular flexibility index (Phi) is 5.83. The lowest BCUT2D eigenvalue weighted by Crippen LogP contribution is -2.39. The Morgan fingerprint density at radius 1 is 1.39 bits per heavy atom. The van der Waals surface area contributed by atoms with Gasteiger partial charge < -0.3 is 4.90 Å². The van der Waals surface area contributed by atoms with Gasteiger partial charge in [-0.2, -0.15) is 0 Å². The molecule has 0 radical (unpaired) electrons. The number of halogens is 1. The fraction of sp³-hybridized carbons (Fsp3) is 0.533. The highest BCUT2D eigenvalue weighted by molar-refractivity contribution is 5.94. The molecule has 0 aliphatic heterocycles. The number of unbranched alkanes of at least 4 members (excludes halogenated alkanes) is 1. The maximum atomic E-state index is 13.2. The summed E-state index contributed by atoms with van der Waals surface area (Å²) < 4.78 is 13.2. The summed E-state index contributed by atoms with van der Waals surface area (Å²) in [7, 11) is 0. The normalized spacial score (nSPS) is 12.2. The van der Waals surface area contributed by atoms with Gasteiger partial charge in [-0.05, 0) is 38.0 Å². The topological polar surface area (TPSA) is 20.3 Å². The molecule has 100 valence electrons. The number of rotatable bonds is 6. The summed E-state index contributed by atoms with van der Waals surface area (Å²) in [5, 5.41) is 0. The average Bonchev–Trinajstić information content (AvgIpc) is 2.38. The van der Waals surface area contributed by atoms with E-state index in [0.29, 0.717) is 5.56 Å². The van der Waals surface area contributed by atoms with Crippen LogP contribution in [0.2, 0.25) is 0 Å². The van der Waals surface area contributed by atoms with Crippen LogP contribution >= 0.6 is 0 Å². The van der Waals surface area contributed by atoms with E-state index in [2.05, 4.69) is 13.8 Å². The number of hydrogen-bond donors (Lipinski definition) is 0. The molecule has 0 aliphatic carbocycles. The van der Waals surface area contributed by atoms with Gasteiger partial charge in [0.25, 0.3) is 5.91 Å². The Hall–Kier alpha value is -1.38. The van der Waals surface area contributed by atoms with Crippen molar-refractivity contribution in [1.29, 1.82) is 0 Å². The van der Waals surface area contributed by atoms with Crippen LogP contribution in [0.25, 0.3) is 0 Å². The van der Waals surface area contributed by atoms with Crippen molar-refractivity contribution in [2.45, 2.75) is 46.1 Å². The van der Waals surface area contributed by atoms with Crippen LogP contribution in [-0.2, 0) is 0 Å². The molecule has 1 unspecified atom stereocenters. The Morgan fingerprint density at radius 2 is 2.11 bits per heavy atom. The number of hydrogen-bond acceptors (Lipinski definition) is 1. The highest BCUT2D eigenvalue weighted by Gasteiger charge is 2.19. The third-order valence-corrected chi connectivity index (χ3v) is 3.21. The van der Waals surface area contributed by atoms with Crippen molar-refractivity contribution in [3.63, 3.8) is 0 Å². The van der Waals surface area contributed by atoms with Crippen LogP contribution in [0.3, 0.4) is 0 Å². The predicted octanol–water partition coefficient (Wildman–Crippen LogP) is 3.87. The smallest absolute Gasteiger partial charge is 0.254 e. The standard InChI is InChI=1S/C15H22FNO/c1-4-6-10-17(12(3)5-2)15(18)13-8-7-9-14(16)11-13/h7-9,11-12H,4-6,10H2,1-3H3. The fourth-order valence-corrected chi connectivity index (χ4v) is 1.86. The van der Waals surface area contributed by atoms with E-state index in [9.17, 15) is 9.18 Å². The third-order valence-electron chi connectivity index (χ3n) is 3.21. The Labute approximate surface area is 109 Å². The fourth-order valence-electron chi connectivity index (χ4n) is 1.86. The predicted molar refractivity (Wildman–Crippen MR) is 72.1 cm³/mol. The van der Waals surface area contributed by atoms with E-state index >= 15 is 0 Å². The van der Waals surface area contributed by atoms with Gasteiger partial charge in [-0.1, -0.05) is 26.3 Å². The van der Waals surface area contributed by atoms with E-state index in [1.54, 1.807) is 12.1 Å². The molecule has 2 nitrogen and oxygen atoms in total. The van der Waals surface area contributed by atoms with E-state index in [1.165, 1.54) is 12.1 Å². The average molecular weight is 251 g/mol. The largest absolute Gasteiger partial charge is 0.336 e. The summed E-state index contributed by atoms with van der Waals surface area (Å²) in [4.78, 5) is 14.2. The van der Waals surface area contributed by atoms with Crippen molar-refractivity contribution in [3.05, 3.63) is 35.6 Å². The lowest BCUT2D eigenvalue weighted by molar-refractivity contribution is 0.0685. The van der Waals surface area contributed by atoms with Crippen molar-refractivity contribution in [3.8, 4) is 0 Å². The van der Waals surface area contributed by atoms with Crippen LogP contribution in [0.5, 0.6) is 0 Å². The van der Waals surface area contributed by atoms with E-state index in [4.69, 9.17) is 0 Å². The first-order valence-corrected chi connectivity index (χ1v) is 6.66. The molecular formula is C15H22FNO. The molecule has 0 saturated carbocycles. The Bertz CT molecular complexity index is 392. The van der Waals surface area contributed by atoms with Gasteiger partial charge in [0, 0.05) is 18.2 Å². The van der Waals surface area contributed by atoms with Crippen LogP contribution in [0.15, 0.2) is 24.3 Å². The molecule has 3 heteroatoms. The number of carbonyl (C=O) groups is 1. The van der Waals surface area contributed by atoms with Crippen LogP contribution < -0.4 is 0 Å².